The normalized spacial score (nSPS) is 15.6. The molecular weight excluding hydrogens is 167 g/mol. The van der Waals surface area contributed by atoms with Crippen LogP contribution in [0.1, 0.15) is 27.2 Å². The van der Waals surface area contributed by atoms with Crippen LogP contribution < -0.4 is 0 Å². The Morgan fingerprint density at radius 2 is 2.00 bits per heavy atom. The van der Waals surface area contributed by atoms with Gasteiger partial charge in [0.05, 0.1) is 7.11 Å². The zero-order valence-electron chi connectivity index (χ0n) is 8.73. The van der Waals surface area contributed by atoms with Crippen molar-refractivity contribution in [3.8, 4) is 0 Å². The van der Waals surface area contributed by atoms with Crippen LogP contribution in [0.3, 0.4) is 0 Å². The third kappa shape index (κ3) is 3.45. The van der Waals surface area contributed by atoms with Crippen molar-refractivity contribution in [2.45, 2.75) is 27.2 Å². The molecule has 0 aromatic heterocycles. The van der Waals surface area contributed by atoms with Gasteiger partial charge in [0.15, 0.2) is 11.6 Å². The lowest BCUT2D eigenvalue weighted by Crippen LogP contribution is -1.88. The van der Waals surface area contributed by atoms with E-state index < -0.39 is 0 Å². The Bertz CT molecular complexity index is 236. The molecule has 2 heteroatoms. The van der Waals surface area contributed by atoms with Crippen molar-refractivity contribution < 1.29 is 9.13 Å². The number of methoxy groups -OCH3 is 1. The van der Waals surface area contributed by atoms with E-state index in [0.29, 0.717) is 17.8 Å². The summed E-state index contributed by atoms with van der Waals surface area (Å²) in [5.74, 6) is 0.0775. The fourth-order valence-corrected chi connectivity index (χ4v) is 0.931. The molecule has 0 bridgehead atoms. The lowest BCUT2D eigenvalue weighted by molar-refractivity contribution is 0.282. The molecule has 74 valence electrons. The molecule has 0 atom stereocenters. The molecule has 1 rings (SSSR count). The van der Waals surface area contributed by atoms with E-state index in [1.165, 1.54) is 7.11 Å². The van der Waals surface area contributed by atoms with Gasteiger partial charge < -0.3 is 4.74 Å². The Morgan fingerprint density at radius 1 is 1.38 bits per heavy atom. The largest absolute Gasteiger partial charge is 0.494 e. The number of hydrogen-bond acceptors (Lipinski definition) is 1. The zero-order chi connectivity index (χ0) is 10.3. The molecular formula is C11H17FO. The Balaban J connectivity index is 0.000000671. The Labute approximate surface area is 79.6 Å². The second-order valence-electron chi connectivity index (χ2n) is 2.46. The minimum absolute atomic E-state index is 0.238. The van der Waals surface area contributed by atoms with Crippen molar-refractivity contribution >= 4 is 0 Å². The van der Waals surface area contributed by atoms with Crippen molar-refractivity contribution in [3.05, 3.63) is 35.4 Å². The summed E-state index contributed by atoms with van der Waals surface area (Å²) in [6.07, 6.45) is 6.00. The molecule has 0 aromatic carbocycles. The SMILES string of the molecule is CC.COC1=CC=CCC(C)=C1F. The van der Waals surface area contributed by atoms with E-state index in [9.17, 15) is 4.39 Å². The summed E-state index contributed by atoms with van der Waals surface area (Å²) < 4.78 is 18.0. The van der Waals surface area contributed by atoms with E-state index in [2.05, 4.69) is 0 Å². The maximum atomic E-state index is 13.1. The van der Waals surface area contributed by atoms with Crippen LogP contribution in [0.15, 0.2) is 35.4 Å². The molecule has 0 saturated heterocycles. The van der Waals surface area contributed by atoms with Crippen molar-refractivity contribution in [1.29, 1.82) is 0 Å². The van der Waals surface area contributed by atoms with Crippen molar-refractivity contribution in [1.82, 2.24) is 0 Å². The first-order valence-electron chi connectivity index (χ1n) is 4.52. The van der Waals surface area contributed by atoms with Gasteiger partial charge in [-0.15, -0.1) is 0 Å². The molecule has 0 aromatic rings. The molecule has 1 aliphatic rings. The van der Waals surface area contributed by atoms with Crippen LogP contribution in [0.4, 0.5) is 4.39 Å². The highest BCUT2D eigenvalue weighted by molar-refractivity contribution is 5.31. The topological polar surface area (TPSA) is 9.23 Å². The molecule has 0 N–H and O–H groups in total. The average Bonchev–Trinajstić information content (AvgIpc) is 2.34. The third-order valence-corrected chi connectivity index (χ3v) is 1.62. The highest BCUT2D eigenvalue weighted by Gasteiger charge is 2.08. The summed E-state index contributed by atoms with van der Waals surface area (Å²) >= 11 is 0. The predicted molar refractivity (Wildman–Crippen MR) is 54.0 cm³/mol. The van der Waals surface area contributed by atoms with Crippen LogP contribution >= 0.6 is 0 Å². The molecule has 0 amide bonds. The maximum absolute atomic E-state index is 13.1. The van der Waals surface area contributed by atoms with E-state index in [0.717, 1.165) is 0 Å². The minimum atomic E-state index is -0.238. The summed E-state index contributed by atoms with van der Waals surface area (Å²) in [7, 11) is 1.47. The van der Waals surface area contributed by atoms with E-state index >= 15 is 0 Å². The molecule has 0 unspecified atom stereocenters. The number of ether oxygens (including phenoxy) is 1. The average molecular weight is 184 g/mol. The maximum Gasteiger partial charge on any atom is 0.164 e. The molecule has 0 saturated carbocycles. The molecule has 1 aliphatic carbocycles. The molecule has 0 heterocycles. The van der Waals surface area contributed by atoms with E-state index in [1.54, 1.807) is 19.1 Å². The molecule has 0 spiro atoms. The Morgan fingerprint density at radius 3 is 2.54 bits per heavy atom. The van der Waals surface area contributed by atoms with Gasteiger partial charge >= 0.3 is 0 Å². The molecule has 0 aliphatic heterocycles. The van der Waals surface area contributed by atoms with Crippen LogP contribution in [0.2, 0.25) is 0 Å². The first kappa shape index (κ1) is 11.9. The van der Waals surface area contributed by atoms with Gasteiger partial charge in [0, 0.05) is 0 Å². The van der Waals surface area contributed by atoms with E-state index in [4.69, 9.17) is 4.74 Å². The lowest BCUT2D eigenvalue weighted by Gasteiger charge is -2.03. The van der Waals surface area contributed by atoms with Crippen LogP contribution in [0, 0.1) is 0 Å². The van der Waals surface area contributed by atoms with Gasteiger partial charge in [0.25, 0.3) is 0 Å². The summed E-state index contributed by atoms with van der Waals surface area (Å²) in [6, 6.07) is 0. The molecule has 0 radical (unpaired) electrons. The smallest absolute Gasteiger partial charge is 0.164 e. The van der Waals surface area contributed by atoms with Crippen LogP contribution in [0.25, 0.3) is 0 Å². The van der Waals surface area contributed by atoms with Gasteiger partial charge in [-0.25, -0.2) is 4.39 Å². The van der Waals surface area contributed by atoms with Gasteiger partial charge in [-0.2, -0.15) is 0 Å². The van der Waals surface area contributed by atoms with Gasteiger partial charge in [0.1, 0.15) is 0 Å². The quantitative estimate of drug-likeness (QED) is 0.603. The standard InChI is InChI=1S/C9H11FO.C2H6/c1-7-5-3-4-6-8(11-2)9(7)10;1-2/h3-4,6H,5H2,1-2H3;1-2H3. The van der Waals surface area contributed by atoms with Gasteiger partial charge in [-0.3, -0.25) is 0 Å². The van der Waals surface area contributed by atoms with Gasteiger partial charge in [0.2, 0.25) is 0 Å². The number of hydrogen-bond donors (Lipinski definition) is 0. The highest BCUT2D eigenvalue weighted by Crippen LogP contribution is 2.21. The second kappa shape index (κ2) is 6.46. The van der Waals surface area contributed by atoms with Crippen LogP contribution in [0.5, 0.6) is 0 Å². The Kier molecular flexibility index (Phi) is 5.94. The van der Waals surface area contributed by atoms with E-state index in [-0.39, 0.29) is 5.83 Å². The predicted octanol–water partition coefficient (Wildman–Crippen LogP) is 3.75. The van der Waals surface area contributed by atoms with Crippen LogP contribution in [-0.2, 0) is 4.74 Å². The van der Waals surface area contributed by atoms with E-state index in [1.807, 2.05) is 19.9 Å². The van der Waals surface area contributed by atoms with Crippen LogP contribution in [-0.4, -0.2) is 7.11 Å². The fraction of sp³-hybridized carbons (Fsp3) is 0.455. The number of allylic oxidation sites excluding steroid dienone is 5. The minimum Gasteiger partial charge on any atom is -0.494 e. The molecule has 0 fully saturated rings. The third-order valence-electron chi connectivity index (χ3n) is 1.62. The second-order valence-corrected chi connectivity index (χ2v) is 2.46. The first-order chi connectivity index (χ1) is 6.25. The Hall–Kier alpha value is -1.05. The van der Waals surface area contributed by atoms with Gasteiger partial charge in [-0.05, 0) is 25.0 Å². The van der Waals surface area contributed by atoms with Crippen molar-refractivity contribution in [2.75, 3.05) is 7.11 Å². The van der Waals surface area contributed by atoms with Gasteiger partial charge in [-0.1, -0.05) is 26.0 Å². The summed E-state index contributed by atoms with van der Waals surface area (Å²) in [5, 5.41) is 0. The summed E-state index contributed by atoms with van der Waals surface area (Å²) in [4.78, 5) is 0. The van der Waals surface area contributed by atoms with Crippen molar-refractivity contribution in [3.63, 3.8) is 0 Å². The fourth-order valence-electron chi connectivity index (χ4n) is 0.931. The molecule has 13 heavy (non-hydrogen) atoms. The van der Waals surface area contributed by atoms with Crippen molar-refractivity contribution in [2.24, 2.45) is 0 Å². The lowest BCUT2D eigenvalue weighted by atomic mass is 10.2. The zero-order valence-corrected chi connectivity index (χ0v) is 8.73. The number of rotatable bonds is 1. The summed E-state index contributed by atoms with van der Waals surface area (Å²) in [5.41, 5.74) is 0.715. The first-order valence-corrected chi connectivity index (χ1v) is 4.52. The monoisotopic (exact) mass is 184 g/mol. The number of halogens is 1. The summed E-state index contributed by atoms with van der Waals surface area (Å²) in [6.45, 7) is 5.76. The highest BCUT2D eigenvalue weighted by atomic mass is 19.1. The molecule has 1 nitrogen and oxygen atoms in total.